The normalized spacial score (nSPS) is 13.2. The van der Waals surface area contributed by atoms with Crippen LogP contribution < -0.4 is 0 Å². The molecule has 0 N–H and O–H groups in total. The number of hydrogen-bond acceptors (Lipinski definition) is 1. The Hall–Kier alpha value is -1.29. The van der Waals surface area contributed by atoms with Gasteiger partial charge in [0.25, 0.3) is 0 Å². The van der Waals surface area contributed by atoms with E-state index in [0.29, 0.717) is 0 Å². The van der Waals surface area contributed by atoms with Crippen molar-refractivity contribution in [3.63, 3.8) is 0 Å². The molecule has 1 heteroatoms. The van der Waals surface area contributed by atoms with Gasteiger partial charge in [-0.2, -0.15) is 0 Å². The summed E-state index contributed by atoms with van der Waals surface area (Å²) in [5, 5.41) is 0. The lowest BCUT2D eigenvalue weighted by atomic mass is 10.3. The van der Waals surface area contributed by atoms with Crippen molar-refractivity contribution in [2.75, 3.05) is 0 Å². The van der Waals surface area contributed by atoms with Gasteiger partial charge >= 0.3 is 0 Å². The van der Waals surface area contributed by atoms with Crippen molar-refractivity contribution < 1.29 is 4.79 Å². The van der Waals surface area contributed by atoms with Crippen molar-refractivity contribution in [2.45, 2.75) is 0 Å². The third-order valence-electron chi connectivity index (χ3n) is 0.848. The number of carbonyl (C=O) groups excluding carboxylic acids is 1. The van der Waals surface area contributed by atoms with Crippen LogP contribution in [0.3, 0.4) is 0 Å². The predicted octanol–water partition coefficient (Wildman–Crippen LogP) is 1.03. The largest absolute Gasteiger partial charge is 0.233 e. The summed E-state index contributed by atoms with van der Waals surface area (Å²) in [4.78, 5) is 9.68. The molecule has 0 heterocycles. The molecule has 1 rings (SSSR count). The molecule has 0 bridgehead atoms. The van der Waals surface area contributed by atoms with Crippen molar-refractivity contribution in [3.05, 3.63) is 35.6 Å². The molecular formula is C7H4O. The molecule has 38 valence electrons. The third-order valence-corrected chi connectivity index (χ3v) is 0.848. The first kappa shape index (κ1) is 4.86. The first-order chi connectivity index (χ1) is 3.93. The molecule has 0 atom stereocenters. The van der Waals surface area contributed by atoms with E-state index in [0.717, 1.165) is 5.57 Å². The van der Waals surface area contributed by atoms with E-state index < -0.39 is 0 Å². The van der Waals surface area contributed by atoms with Gasteiger partial charge in [0.15, 0.2) is 0 Å². The van der Waals surface area contributed by atoms with Gasteiger partial charge in [0.1, 0.15) is 5.94 Å². The van der Waals surface area contributed by atoms with Crippen LogP contribution in [-0.4, -0.2) is 5.94 Å². The Bertz CT molecular complexity index is 221. The predicted molar refractivity (Wildman–Crippen MR) is 31.0 cm³/mol. The second-order valence-electron chi connectivity index (χ2n) is 1.41. The lowest BCUT2D eigenvalue weighted by Gasteiger charge is -1.74. The van der Waals surface area contributed by atoms with E-state index in [2.05, 4.69) is 5.73 Å². The van der Waals surface area contributed by atoms with E-state index in [4.69, 9.17) is 0 Å². The third kappa shape index (κ3) is 0.855. The Labute approximate surface area is 47.3 Å². The maximum absolute atomic E-state index is 9.68. The van der Waals surface area contributed by atoms with Gasteiger partial charge in [-0.25, -0.2) is 4.79 Å². The quantitative estimate of drug-likeness (QED) is 0.358. The maximum atomic E-state index is 9.68. The topological polar surface area (TPSA) is 17.1 Å². The number of rotatable bonds is 1. The van der Waals surface area contributed by atoms with E-state index in [9.17, 15) is 4.79 Å². The molecule has 8 heavy (non-hydrogen) atoms. The Morgan fingerprint density at radius 1 is 1.75 bits per heavy atom. The Kier molecular flexibility index (Phi) is 1.29. The molecule has 0 fully saturated rings. The summed E-state index contributed by atoms with van der Waals surface area (Å²) in [6.45, 7) is 0. The minimum absolute atomic E-state index is 0.861. The second-order valence-corrected chi connectivity index (χ2v) is 1.41. The summed E-state index contributed by atoms with van der Waals surface area (Å²) in [6.07, 6.45) is 6.65. The van der Waals surface area contributed by atoms with Gasteiger partial charge in [-0.15, -0.1) is 5.73 Å². The smallest absolute Gasteiger partial charge is 0.125 e. The van der Waals surface area contributed by atoms with Gasteiger partial charge in [0, 0.05) is 6.08 Å². The molecule has 0 saturated carbocycles. The molecule has 1 aliphatic rings. The van der Waals surface area contributed by atoms with Gasteiger partial charge < -0.3 is 0 Å². The van der Waals surface area contributed by atoms with Crippen LogP contribution in [0.4, 0.5) is 0 Å². The lowest BCUT2D eigenvalue weighted by molar-refractivity contribution is 0.569. The van der Waals surface area contributed by atoms with E-state index in [1.807, 2.05) is 0 Å². The molecule has 0 aliphatic heterocycles. The molecule has 1 nitrogen and oxygen atoms in total. The zero-order valence-corrected chi connectivity index (χ0v) is 4.22. The van der Waals surface area contributed by atoms with Crippen LogP contribution in [0.2, 0.25) is 0 Å². The summed E-state index contributed by atoms with van der Waals surface area (Å²) in [5.41, 5.74) is 3.67. The minimum atomic E-state index is 0.861. The highest BCUT2D eigenvalue weighted by molar-refractivity contribution is 5.56. The van der Waals surface area contributed by atoms with Gasteiger partial charge in [-0.3, -0.25) is 0 Å². The van der Waals surface area contributed by atoms with Crippen molar-refractivity contribution in [3.8, 4) is 0 Å². The Morgan fingerprint density at radius 3 is 3.12 bits per heavy atom. The summed E-state index contributed by atoms with van der Waals surface area (Å²) in [5.74, 6) is 1.68. The number of hydrogen-bond donors (Lipinski definition) is 0. The molecule has 0 aromatic heterocycles. The highest BCUT2D eigenvalue weighted by atomic mass is 16.1. The summed E-state index contributed by atoms with van der Waals surface area (Å²) >= 11 is 0. The fourth-order valence-corrected chi connectivity index (χ4v) is 0.495. The van der Waals surface area contributed by atoms with Crippen LogP contribution in [0.5, 0.6) is 0 Å². The summed E-state index contributed by atoms with van der Waals surface area (Å²) in [6, 6.07) is 0. The van der Waals surface area contributed by atoms with Gasteiger partial charge in [0.2, 0.25) is 0 Å². The molecule has 0 aromatic rings. The molecule has 1 aliphatic carbocycles. The van der Waals surface area contributed by atoms with Gasteiger partial charge in [-0.05, 0) is 23.8 Å². The van der Waals surface area contributed by atoms with Crippen LogP contribution in [0.1, 0.15) is 0 Å². The maximum Gasteiger partial charge on any atom is 0.125 e. The highest BCUT2D eigenvalue weighted by Gasteiger charge is 1.84. The van der Waals surface area contributed by atoms with Crippen LogP contribution in [0.25, 0.3) is 0 Å². The Balaban J connectivity index is 2.80. The first-order valence-corrected chi connectivity index (χ1v) is 2.27. The SMILES string of the molecule is O=C=CC1=CC=C=C1. The van der Waals surface area contributed by atoms with Crippen molar-refractivity contribution in [1.82, 2.24) is 0 Å². The van der Waals surface area contributed by atoms with Gasteiger partial charge in [0.05, 0.1) is 0 Å². The first-order valence-electron chi connectivity index (χ1n) is 2.27. The molecule has 0 unspecified atom stereocenters. The van der Waals surface area contributed by atoms with Crippen LogP contribution in [0.15, 0.2) is 35.6 Å². The average molecular weight is 104 g/mol. The zero-order valence-electron chi connectivity index (χ0n) is 4.22. The monoisotopic (exact) mass is 104 g/mol. The molecule has 0 saturated heterocycles. The molecule has 0 radical (unpaired) electrons. The van der Waals surface area contributed by atoms with E-state index in [1.165, 1.54) is 6.08 Å². The summed E-state index contributed by atoms with van der Waals surface area (Å²) in [7, 11) is 0. The fourth-order valence-electron chi connectivity index (χ4n) is 0.495. The zero-order chi connectivity index (χ0) is 5.82. The lowest BCUT2D eigenvalue weighted by Crippen LogP contribution is -1.62. The standard InChI is InChI=1S/C7H4O/c8-6-5-7-3-1-2-4-7/h1,3-5H. The van der Waals surface area contributed by atoms with E-state index >= 15 is 0 Å². The molecule has 0 aromatic carbocycles. The van der Waals surface area contributed by atoms with Crippen molar-refractivity contribution >= 4 is 5.94 Å². The van der Waals surface area contributed by atoms with Crippen LogP contribution in [0, 0.1) is 0 Å². The van der Waals surface area contributed by atoms with Crippen LogP contribution >= 0.6 is 0 Å². The van der Waals surface area contributed by atoms with Crippen molar-refractivity contribution in [2.24, 2.45) is 0 Å². The summed E-state index contributed by atoms with van der Waals surface area (Å²) < 4.78 is 0. The minimum Gasteiger partial charge on any atom is -0.233 e. The van der Waals surface area contributed by atoms with Crippen molar-refractivity contribution in [1.29, 1.82) is 0 Å². The van der Waals surface area contributed by atoms with Gasteiger partial charge in [-0.1, -0.05) is 0 Å². The average Bonchev–Trinajstić information content (AvgIpc) is 2.19. The van der Waals surface area contributed by atoms with Crippen LogP contribution in [-0.2, 0) is 4.79 Å². The second kappa shape index (κ2) is 2.13. The van der Waals surface area contributed by atoms with E-state index in [1.54, 1.807) is 24.2 Å². The number of allylic oxidation sites excluding steroid dienone is 4. The highest BCUT2D eigenvalue weighted by Crippen LogP contribution is 2.00. The molecule has 0 amide bonds. The molecular weight excluding hydrogens is 100 g/mol. The fraction of sp³-hybridized carbons (Fsp3) is 0. The Morgan fingerprint density at radius 2 is 2.62 bits per heavy atom. The van der Waals surface area contributed by atoms with E-state index in [-0.39, 0.29) is 0 Å². The molecule has 0 spiro atoms.